The molecule has 5 heteroatoms. The Labute approximate surface area is 78.3 Å². The summed E-state index contributed by atoms with van der Waals surface area (Å²) >= 11 is 0. The molecule has 0 aliphatic rings. The summed E-state index contributed by atoms with van der Waals surface area (Å²) in [6, 6.07) is 2.97. The van der Waals surface area contributed by atoms with Crippen LogP contribution in [0.5, 0.6) is 11.5 Å². The van der Waals surface area contributed by atoms with Crippen molar-refractivity contribution in [1.29, 1.82) is 0 Å². The van der Waals surface area contributed by atoms with Crippen molar-refractivity contribution in [2.24, 2.45) is 0 Å². The minimum Gasteiger partial charge on any atom is -0.454 e. The first kappa shape index (κ1) is 8.68. The van der Waals surface area contributed by atoms with Crippen LogP contribution in [0.1, 0.15) is 0 Å². The van der Waals surface area contributed by atoms with E-state index in [1.807, 2.05) is 0 Å². The molecule has 0 fully saturated rings. The highest BCUT2D eigenvalue weighted by atomic mass is 19.1. The van der Waals surface area contributed by atoms with Gasteiger partial charge in [0.15, 0.2) is 5.75 Å². The average molecular weight is 196 g/mol. The van der Waals surface area contributed by atoms with Crippen molar-refractivity contribution >= 4 is 0 Å². The van der Waals surface area contributed by atoms with Crippen LogP contribution in [-0.2, 0) is 0 Å². The van der Waals surface area contributed by atoms with Crippen LogP contribution in [0.25, 0.3) is 0 Å². The minimum atomic E-state index is -0.677. The molecule has 0 radical (unpaired) electrons. The third-order valence-corrected chi connectivity index (χ3v) is 1.54. The lowest BCUT2D eigenvalue weighted by Gasteiger charge is -2.02. The number of aromatic nitrogens is 2. The van der Waals surface area contributed by atoms with Gasteiger partial charge in [0.1, 0.15) is 17.4 Å². The zero-order valence-electron chi connectivity index (χ0n) is 7.00. The van der Waals surface area contributed by atoms with E-state index in [1.54, 1.807) is 0 Å². The number of benzene rings is 1. The smallest absolute Gasteiger partial charge is 0.165 e. The highest BCUT2D eigenvalue weighted by Crippen LogP contribution is 2.21. The van der Waals surface area contributed by atoms with E-state index in [0.717, 1.165) is 18.2 Å². The first-order valence-corrected chi connectivity index (χ1v) is 3.87. The molecular formula is C9H6F2N2O. The molecule has 0 spiro atoms. The van der Waals surface area contributed by atoms with Crippen LogP contribution in [0.3, 0.4) is 0 Å². The maximum atomic E-state index is 12.7. The van der Waals surface area contributed by atoms with E-state index in [0.29, 0.717) is 5.75 Å². The van der Waals surface area contributed by atoms with Gasteiger partial charge < -0.3 is 4.74 Å². The van der Waals surface area contributed by atoms with Crippen molar-refractivity contribution in [1.82, 2.24) is 10.2 Å². The first-order chi connectivity index (χ1) is 6.74. The molecule has 2 rings (SSSR count). The van der Waals surface area contributed by atoms with E-state index < -0.39 is 11.6 Å². The van der Waals surface area contributed by atoms with Crippen LogP contribution in [0.2, 0.25) is 0 Å². The van der Waals surface area contributed by atoms with Gasteiger partial charge in [-0.2, -0.15) is 5.10 Å². The molecule has 0 aliphatic heterocycles. The molecule has 0 saturated carbocycles. The van der Waals surface area contributed by atoms with Gasteiger partial charge in [-0.3, -0.25) is 5.10 Å². The van der Waals surface area contributed by atoms with Crippen LogP contribution in [-0.4, -0.2) is 10.2 Å². The van der Waals surface area contributed by atoms with Gasteiger partial charge in [-0.05, 0) is 0 Å². The van der Waals surface area contributed by atoms with Gasteiger partial charge >= 0.3 is 0 Å². The molecule has 2 aromatic rings. The number of hydrogen-bond acceptors (Lipinski definition) is 2. The Morgan fingerprint density at radius 2 is 1.79 bits per heavy atom. The average Bonchev–Trinajstić information content (AvgIpc) is 2.54. The Bertz CT molecular complexity index is 408. The van der Waals surface area contributed by atoms with E-state index >= 15 is 0 Å². The second-order valence-corrected chi connectivity index (χ2v) is 2.64. The Morgan fingerprint density at radius 3 is 2.36 bits per heavy atom. The predicted molar refractivity (Wildman–Crippen MR) is 45.0 cm³/mol. The number of rotatable bonds is 2. The van der Waals surface area contributed by atoms with Gasteiger partial charge in [-0.15, -0.1) is 0 Å². The third-order valence-electron chi connectivity index (χ3n) is 1.54. The lowest BCUT2D eigenvalue weighted by molar-refractivity contribution is 0.468. The number of ether oxygens (including phenoxy) is 1. The molecule has 14 heavy (non-hydrogen) atoms. The molecule has 0 atom stereocenters. The second kappa shape index (κ2) is 3.45. The summed E-state index contributed by atoms with van der Waals surface area (Å²) in [6.07, 6.45) is 2.88. The second-order valence-electron chi connectivity index (χ2n) is 2.64. The molecule has 0 aliphatic carbocycles. The molecule has 3 nitrogen and oxygen atoms in total. The Morgan fingerprint density at radius 1 is 1.07 bits per heavy atom. The Balaban J connectivity index is 2.25. The molecule has 0 saturated heterocycles. The van der Waals surface area contributed by atoms with Crippen molar-refractivity contribution in [2.75, 3.05) is 0 Å². The van der Waals surface area contributed by atoms with Crippen LogP contribution < -0.4 is 4.74 Å². The normalized spacial score (nSPS) is 10.1. The molecule has 1 aromatic carbocycles. The third kappa shape index (κ3) is 1.87. The minimum absolute atomic E-state index is 0.101. The van der Waals surface area contributed by atoms with Crippen molar-refractivity contribution in [3.05, 3.63) is 42.2 Å². The monoisotopic (exact) mass is 196 g/mol. The Hall–Kier alpha value is -1.91. The summed E-state index contributed by atoms with van der Waals surface area (Å²) in [5, 5.41) is 6.14. The summed E-state index contributed by atoms with van der Waals surface area (Å²) in [5.41, 5.74) is 0. The lowest BCUT2D eigenvalue weighted by Crippen LogP contribution is -1.85. The van der Waals surface area contributed by atoms with Gasteiger partial charge in [0.05, 0.1) is 12.4 Å². The largest absolute Gasteiger partial charge is 0.454 e. The zero-order valence-corrected chi connectivity index (χ0v) is 7.00. The summed E-state index contributed by atoms with van der Waals surface area (Å²) in [5.74, 6) is -0.856. The number of halogens is 2. The van der Waals surface area contributed by atoms with E-state index in [2.05, 4.69) is 10.2 Å². The molecule has 1 heterocycles. The molecular weight excluding hydrogens is 190 g/mol. The molecule has 1 aromatic heterocycles. The Kier molecular flexibility index (Phi) is 2.14. The van der Waals surface area contributed by atoms with E-state index in [-0.39, 0.29) is 5.75 Å². The summed E-state index contributed by atoms with van der Waals surface area (Å²) in [7, 11) is 0. The highest BCUT2D eigenvalue weighted by Gasteiger charge is 2.02. The highest BCUT2D eigenvalue weighted by molar-refractivity contribution is 5.28. The van der Waals surface area contributed by atoms with Crippen LogP contribution in [0.4, 0.5) is 8.78 Å². The topological polar surface area (TPSA) is 37.9 Å². The van der Waals surface area contributed by atoms with E-state index in [4.69, 9.17) is 4.74 Å². The van der Waals surface area contributed by atoms with Gasteiger partial charge in [-0.1, -0.05) is 0 Å². The fourth-order valence-electron chi connectivity index (χ4n) is 1.02. The fourth-order valence-corrected chi connectivity index (χ4v) is 1.02. The summed E-state index contributed by atoms with van der Waals surface area (Å²) < 4.78 is 30.5. The number of nitrogens with zero attached hydrogens (tertiary/aromatic N) is 1. The van der Waals surface area contributed by atoms with Gasteiger partial charge in [0, 0.05) is 18.2 Å². The first-order valence-electron chi connectivity index (χ1n) is 3.87. The van der Waals surface area contributed by atoms with Crippen molar-refractivity contribution in [2.45, 2.75) is 0 Å². The number of aromatic amines is 1. The van der Waals surface area contributed by atoms with Crippen LogP contribution in [0.15, 0.2) is 30.6 Å². The fraction of sp³-hybridized carbons (Fsp3) is 0. The molecule has 0 unspecified atom stereocenters. The maximum absolute atomic E-state index is 12.7. The maximum Gasteiger partial charge on any atom is 0.165 e. The van der Waals surface area contributed by atoms with E-state index in [9.17, 15) is 8.78 Å². The van der Waals surface area contributed by atoms with Crippen LogP contribution in [0, 0.1) is 11.6 Å². The van der Waals surface area contributed by atoms with Crippen molar-refractivity contribution in [3.8, 4) is 11.5 Å². The van der Waals surface area contributed by atoms with Gasteiger partial charge in [-0.25, -0.2) is 8.78 Å². The van der Waals surface area contributed by atoms with E-state index in [1.165, 1.54) is 12.4 Å². The molecule has 1 N–H and O–H groups in total. The summed E-state index contributed by atoms with van der Waals surface area (Å²) in [6.45, 7) is 0. The summed E-state index contributed by atoms with van der Waals surface area (Å²) in [4.78, 5) is 0. The SMILES string of the molecule is Fc1cc(F)cc(Oc2cn[nH]c2)c1. The number of nitrogens with one attached hydrogen (secondary N) is 1. The lowest BCUT2D eigenvalue weighted by atomic mass is 10.3. The van der Waals surface area contributed by atoms with Crippen LogP contribution >= 0.6 is 0 Å². The number of hydrogen-bond donors (Lipinski definition) is 1. The zero-order chi connectivity index (χ0) is 9.97. The molecule has 0 bridgehead atoms. The predicted octanol–water partition coefficient (Wildman–Crippen LogP) is 2.48. The standard InChI is InChI=1S/C9H6F2N2O/c10-6-1-7(11)3-8(2-6)14-9-4-12-13-5-9/h1-5H,(H,12,13). The quantitative estimate of drug-likeness (QED) is 0.801. The van der Waals surface area contributed by atoms with Crippen molar-refractivity contribution in [3.63, 3.8) is 0 Å². The number of H-pyrrole nitrogens is 1. The van der Waals surface area contributed by atoms with Crippen molar-refractivity contribution < 1.29 is 13.5 Å². The van der Waals surface area contributed by atoms with Gasteiger partial charge in [0.25, 0.3) is 0 Å². The van der Waals surface area contributed by atoms with Gasteiger partial charge in [0.2, 0.25) is 0 Å². The molecule has 72 valence electrons. The molecule has 0 amide bonds.